The van der Waals surface area contributed by atoms with Gasteiger partial charge in [-0.3, -0.25) is 4.79 Å². The van der Waals surface area contributed by atoms with Crippen molar-refractivity contribution in [1.29, 1.82) is 0 Å². The summed E-state index contributed by atoms with van der Waals surface area (Å²) in [6.07, 6.45) is 1.74. The fourth-order valence-corrected chi connectivity index (χ4v) is 3.10. The second kappa shape index (κ2) is 6.55. The van der Waals surface area contributed by atoms with Crippen LogP contribution < -0.4 is 15.8 Å². The molecule has 116 valence electrons. The van der Waals surface area contributed by atoms with Crippen LogP contribution in [0.2, 0.25) is 0 Å². The van der Waals surface area contributed by atoms with Crippen molar-refractivity contribution in [3.05, 3.63) is 29.8 Å². The van der Waals surface area contributed by atoms with E-state index in [1.807, 2.05) is 6.92 Å². The molecule has 1 amide bonds. The molecule has 0 radical (unpaired) electrons. The third-order valence-electron chi connectivity index (χ3n) is 3.32. The average molecular weight is 311 g/mol. The van der Waals surface area contributed by atoms with Crippen LogP contribution in [0.5, 0.6) is 0 Å². The highest BCUT2D eigenvalue weighted by molar-refractivity contribution is 7.89. The lowest BCUT2D eigenvalue weighted by Gasteiger charge is -2.11. The maximum absolute atomic E-state index is 12.1. The molecule has 0 aliphatic heterocycles. The molecule has 1 aliphatic carbocycles. The van der Waals surface area contributed by atoms with Crippen LogP contribution in [0.3, 0.4) is 0 Å². The Hall–Kier alpha value is -1.44. The molecule has 7 heteroatoms. The van der Waals surface area contributed by atoms with Gasteiger partial charge in [0, 0.05) is 18.2 Å². The first kappa shape index (κ1) is 15.9. The molecule has 0 saturated heterocycles. The van der Waals surface area contributed by atoms with Gasteiger partial charge in [-0.2, -0.15) is 0 Å². The Labute approximate surface area is 125 Å². The van der Waals surface area contributed by atoms with Crippen LogP contribution in [-0.4, -0.2) is 33.5 Å². The number of hydrogen-bond acceptors (Lipinski definition) is 4. The van der Waals surface area contributed by atoms with Gasteiger partial charge in [-0.25, -0.2) is 13.1 Å². The first-order chi connectivity index (χ1) is 9.92. The lowest BCUT2D eigenvalue weighted by Crippen LogP contribution is -2.31. The fourth-order valence-electron chi connectivity index (χ4n) is 1.75. The lowest BCUT2D eigenvalue weighted by atomic mass is 10.1. The van der Waals surface area contributed by atoms with Crippen molar-refractivity contribution in [3.63, 3.8) is 0 Å². The van der Waals surface area contributed by atoms with Crippen molar-refractivity contribution in [2.45, 2.75) is 30.7 Å². The molecule has 6 nitrogen and oxygen atoms in total. The predicted molar refractivity (Wildman–Crippen MR) is 80.3 cm³/mol. The van der Waals surface area contributed by atoms with E-state index in [0.29, 0.717) is 18.7 Å². The van der Waals surface area contributed by atoms with Crippen molar-refractivity contribution in [3.8, 4) is 0 Å². The van der Waals surface area contributed by atoms with Crippen molar-refractivity contribution < 1.29 is 13.2 Å². The molecule has 21 heavy (non-hydrogen) atoms. The second-order valence-corrected chi connectivity index (χ2v) is 7.19. The first-order valence-electron chi connectivity index (χ1n) is 7.03. The molecule has 1 aliphatic rings. The summed E-state index contributed by atoms with van der Waals surface area (Å²) in [5.74, 6) is -0.115. The Balaban J connectivity index is 2.08. The SMILES string of the molecule is CC(CN)CNC(=O)c1cccc(S(=O)(=O)NC2CC2)c1. The van der Waals surface area contributed by atoms with Gasteiger partial charge in [0.15, 0.2) is 0 Å². The highest BCUT2D eigenvalue weighted by Crippen LogP contribution is 2.22. The molecule has 1 atom stereocenters. The summed E-state index contributed by atoms with van der Waals surface area (Å²) in [7, 11) is -3.54. The molecular weight excluding hydrogens is 290 g/mol. The number of carbonyl (C=O) groups excluding carboxylic acids is 1. The summed E-state index contributed by atoms with van der Waals surface area (Å²) in [5.41, 5.74) is 5.82. The average Bonchev–Trinajstić information content (AvgIpc) is 3.27. The third-order valence-corrected chi connectivity index (χ3v) is 4.84. The van der Waals surface area contributed by atoms with E-state index in [2.05, 4.69) is 10.0 Å². The van der Waals surface area contributed by atoms with E-state index < -0.39 is 10.0 Å². The highest BCUT2D eigenvalue weighted by Gasteiger charge is 2.28. The Kier molecular flexibility index (Phi) is 4.97. The van der Waals surface area contributed by atoms with E-state index in [1.165, 1.54) is 12.1 Å². The number of amides is 1. The minimum Gasteiger partial charge on any atom is -0.352 e. The fraction of sp³-hybridized carbons (Fsp3) is 0.500. The number of nitrogens with two attached hydrogens (primary N) is 1. The molecule has 0 heterocycles. The number of rotatable bonds is 7. The molecule has 1 unspecified atom stereocenters. The van der Waals surface area contributed by atoms with Crippen LogP contribution >= 0.6 is 0 Å². The zero-order valence-electron chi connectivity index (χ0n) is 12.0. The molecule has 1 aromatic rings. The van der Waals surface area contributed by atoms with E-state index in [-0.39, 0.29) is 22.8 Å². The van der Waals surface area contributed by atoms with Crippen LogP contribution in [0.15, 0.2) is 29.2 Å². The largest absolute Gasteiger partial charge is 0.352 e. The maximum atomic E-state index is 12.1. The van der Waals surface area contributed by atoms with Crippen molar-refractivity contribution >= 4 is 15.9 Å². The van der Waals surface area contributed by atoms with Gasteiger partial charge in [-0.05, 0) is 43.5 Å². The third kappa shape index (κ3) is 4.52. The van der Waals surface area contributed by atoms with Gasteiger partial charge in [-0.1, -0.05) is 13.0 Å². The van der Waals surface area contributed by atoms with Gasteiger partial charge in [0.05, 0.1) is 4.90 Å². The lowest BCUT2D eigenvalue weighted by molar-refractivity contribution is 0.0948. The summed E-state index contributed by atoms with van der Waals surface area (Å²) in [6, 6.07) is 6.09. The summed E-state index contributed by atoms with van der Waals surface area (Å²) < 4.78 is 26.8. The Morgan fingerprint density at radius 3 is 2.76 bits per heavy atom. The molecule has 0 aromatic heterocycles. The zero-order chi connectivity index (χ0) is 15.5. The van der Waals surface area contributed by atoms with E-state index in [4.69, 9.17) is 5.73 Å². The van der Waals surface area contributed by atoms with E-state index >= 15 is 0 Å². The predicted octanol–water partition coefficient (Wildman–Crippen LogP) is 0.452. The summed E-state index contributed by atoms with van der Waals surface area (Å²) in [4.78, 5) is 12.1. The molecule has 4 N–H and O–H groups in total. The topological polar surface area (TPSA) is 101 Å². The van der Waals surface area contributed by atoms with Gasteiger partial charge in [0.1, 0.15) is 0 Å². The van der Waals surface area contributed by atoms with Crippen LogP contribution in [-0.2, 0) is 10.0 Å². The number of carbonyl (C=O) groups is 1. The normalized spacial score (nSPS) is 16.5. The smallest absolute Gasteiger partial charge is 0.251 e. The Bertz CT molecular complexity index is 612. The number of sulfonamides is 1. The van der Waals surface area contributed by atoms with Gasteiger partial charge < -0.3 is 11.1 Å². The van der Waals surface area contributed by atoms with Crippen LogP contribution in [0.4, 0.5) is 0 Å². The molecule has 1 aromatic carbocycles. The maximum Gasteiger partial charge on any atom is 0.251 e. The van der Waals surface area contributed by atoms with E-state index in [1.54, 1.807) is 12.1 Å². The van der Waals surface area contributed by atoms with E-state index in [9.17, 15) is 13.2 Å². The van der Waals surface area contributed by atoms with Crippen molar-refractivity contribution in [1.82, 2.24) is 10.0 Å². The highest BCUT2D eigenvalue weighted by atomic mass is 32.2. The zero-order valence-corrected chi connectivity index (χ0v) is 12.8. The molecule has 0 bridgehead atoms. The second-order valence-electron chi connectivity index (χ2n) is 5.47. The number of benzene rings is 1. The van der Waals surface area contributed by atoms with Crippen molar-refractivity contribution in [2.75, 3.05) is 13.1 Å². The minimum absolute atomic E-state index is 0.0397. The quantitative estimate of drug-likeness (QED) is 0.680. The molecule has 2 rings (SSSR count). The summed E-state index contributed by atoms with van der Waals surface area (Å²) in [6.45, 7) is 2.88. The van der Waals surface area contributed by atoms with Gasteiger partial charge >= 0.3 is 0 Å². The summed E-state index contributed by atoms with van der Waals surface area (Å²) in [5, 5.41) is 2.75. The molecule has 0 spiro atoms. The number of hydrogen-bond donors (Lipinski definition) is 3. The van der Waals surface area contributed by atoms with Crippen LogP contribution in [0, 0.1) is 5.92 Å². The van der Waals surface area contributed by atoms with Crippen LogP contribution in [0.1, 0.15) is 30.1 Å². The van der Waals surface area contributed by atoms with Gasteiger partial charge in [-0.15, -0.1) is 0 Å². The van der Waals surface area contributed by atoms with Gasteiger partial charge in [0.25, 0.3) is 5.91 Å². The molecular formula is C14H21N3O3S. The first-order valence-corrected chi connectivity index (χ1v) is 8.51. The standard InChI is InChI=1S/C14H21N3O3S/c1-10(8-15)9-16-14(18)11-3-2-4-13(7-11)21(19,20)17-12-5-6-12/h2-4,7,10,12,17H,5-6,8-9,15H2,1H3,(H,16,18). The van der Waals surface area contributed by atoms with Crippen LogP contribution in [0.25, 0.3) is 0 Å². The number of nitrogens with one attached hydrogen (secondary N) is 2. The van der Waals surface area contributed by atoms with E-state index in [0.717, 1.165) is 12.8 Å². The van der Waals surface area contributed by atoms with Gasteiger partial charge in [0.2, 0.25) is 10.0 Å². The monoisotopic (exact) mass is 311 g/mol. The molecule has 1 fully saturated rings. The van der Waals surface area contributed by atoms with Crippen molar-refractivity contribution in [2.24, 2.45) is 11.7 Å². The Morgan fingerprint density at radius 2 is 2.14 bits per heavy atom. The Morgan fingerprint density at radius 1 is 1.43 bits per heavy atom. The molecule has 1 saturated carbocycles. The minimum atomic E-state index is -3.54. The summed E-state index contributed by atoms with van der Waals surface area (Å²) >= 11 is 0.